The molecular formula is C23H27N3O6S2. The van der Waals surface area contributed by atoms with Crippen LogP contribution in [0.15, 0.2) is 46.7 Å². The van der Waals surface area contributed by atoms with Crippen LogP contribution in [0.5, 0.6) is 23.0 Å². The number of benzene rings is 2. The van der Waals surface area contributed by atoms with E-state index in [0.717, 1.165) is 16.4 Å². The van der Waals surface area contributed by atoms with Gasteiger partial charge in [-0.05, 0) is 30.3 Å². The van der Waals surface area contributed by atoms with Gasteiger partial charge >= 0.3 is 0 Å². The van der Waals surface area contributed by atoms with Crippen LogP contribution in [-0.2, 0) is 10.0 Å². The molecule has 1 aromatic heterocycles. The van der Waals surface area contributed by atoms with Crippen LogP contribution >= 0.6 is 11.3 Å². The molecular weight excluding hydrogens is 478 g/mol. The lowest BCUT2D eigenvalue weighted by Gasteiger charge is -2.34. The molecule has 4 rings (SSSR count). The van der Waals surface area contributed by atoms with Gasteiger partial charge in [-0.15, -0.1) is 11.3 Å². The van der Waals surface area contributed by atoms with Gasteiger partial charge in [-0.1, -0.05) is 0 Å². The SMILES string of the molecule is COc1ccc(S(=O)(=O)N2CCN(c3nc(-c4ccc(OC)c(OC)c4)cs3)CC2)c(OC)c1. The summed E-state index contributed by atoms with van der Waals surface area (Å²) < 4.78 is 49.2. The third-order valence-corrected chi connectivity index (χ3v) is 8.51. The van der Waals surface area contributed by atoms with Crippen LogP contribution in [0.2, 0.25) is 0 Å². The largest absolute Gasteiger partial charge is 0.497 e. The highest BCUT2D eigenvalue weighted by molar-refractivity contribution is 7.89. The summed E-state index contributed by atoms with van der Waals surface area (Å²) in [4.78, 5) is 7.01. The summed E-state index contributed by atoms with van der Waals surface area (Å²) in [6, 6.07) is 10.4. The second-order valence-electron chi connectivity index (χ2n) is 7.49. The average Bonchev–Trinajstić information content (AvgIpc) is 3.38. The highest BCUT2D eigenvalue weighted by atomic mass is 32.2. The molecule has 11 heteroatoms. The van der Waals surface area contributed by atoms with E-state index in [-0.39, 0.29) is 10.6 Å². The van der Waals surface area contributed by atoms with Crippen molar-refractivity contribution in [2.45, 2.75) is 4.90 Å². The van der Waals surface area contributed by atoms with Crippen molar-refractivity contribution in [1.29, 1.82) is 0 Å². The first-order chi connectivity index (χ1) is 16.4. The van der Waals surface area contributed by atoms with E-state index in [1.807, 2.05) is 23.6 Å². The maximum atomic E-state index is 13.3. The van der Waals surface area contributed by atoms with Crippen molar-refractivity contribution in [2.24, 2.45) is 0 Å². The Balaban J connectivity index is 1.47. The summed E-state index contributed by atoms with van der Waals surface area (Å²) in [6.07, 6.45) is 0. The third-order valence-electron chi connectivity index (χ3n) is 5.67. The van der Waals surface area contributed by atoms with Crippen molar-refractivity contribution in [3.8, 4) is 34.3 Å². The van der Waals surface area contributed by atoms with E-state index in [1.165, 1.54) is 35.9 Å². The summed E-state index contributed by atoms with van der Waals surface area (Å²) in [5.41, 5.74) is 1.76. The molecule has 0 N–H and O–H groups in total. The Morgan fingerprint density at radius 2 is 1.53 bits per heavy atom. The first-order valence-electron chi connectivity index (χ1n) is 10.6. The van der Waals surface area contributed by atoms with Gasteiger partial charge in [-0.3, -0.25) is 0 Å². The fourth-order valence-corrected chi connectivity index (χ4v) is 6.23. The number of hydrogen-bond donors (Lipinski definition) is 0. The van der Waals surface area contributed by atoms with Crippen LogP contribution in [0.3, 0.4) is 0 Å². The smallest absolute Gasteiger partial charge is 0.246 e. The van der Waals surface area contributed by atoms with Gasteiger partial charge in [0, 0.05) is 43.2 Å². The minimum absolute atomic E-state index is 0.134. The maximum Gasteiger partial charge on any atom is 0.246 e. The van der Waals surface area contributed by atoms with E-state index >= 15 is 0 Å². The molecule has 0 atom stereocenters. The van der Waals surface area contributed by atoms with Crippen LogP contribution in [0.4, 0.5) is 5.13 Å². The van der Waals surface area contributed by atoms with E-state index in [4.69, 9.17) is 23.9 Å². The zero-order chi connectivity index (χ0) is 24.3. The lowest BCUT2D eigenvalue weighted by Crippen LogP contribution is -2.48. The number of ether oxygens (including phenoxy) is 4. The van der Waals surface area contributed by atoms with Gasteiger partial charge in [-0.25, -0.2) is 13.4 Å². The number of nitrogens with zero attached hydrogens (tertiary/aromatic N) is 3. The molecule has 1 saturated heterocycles. The highest BCUT2D eigenvalue weighted by Gasteiger charge is 2.31. The van der Waals surface area contributed by atoms with Crippen LogP contribution in [-0.4, -0.2) is 72.3 Å². The monoisotopic (exact) mass is 505 g/mol. The normalized spacial score (nSPS) is 14.6. The molecule has 0 saturated carbocycles. The number of methoxy groups -OCH3 is 4. The van der Waals surface area contributed by atoms with Crippen LogP contribution in [0.25, 0.3) is 11.3 Å². The number of hydrogen-bond acceptors (Lipinski definition) is 9. The summed E-state index contributed by atoms with van der Waals surface area (Å²) in [5, 5.41) is 2.84. The molecule has 0 unspecified atom stereocenters. The predicted molar refractivity (Wildman–Crippen MR) is 131 cm³/mol. The average molecular weight is 506 g/mol. The first-order valence-corrected chi connectivity index (χ1v) is 12.9. The van der Waals surface area contributed by atoms with Crippen molar-refractivity contribution in [3.63, 3.8) is 0 Å². The van der Waals surface area contributed by atoms with E-state index < -0.39 is 10.0 Å². The van der Waals surface area contributed by atoms with Gasteiger partial charge in [0.05, 0.1) is 34.1 Å². The van der Waals surface area contributed by atoms with E-state index in [0.29, 0.717) is 43.4 Å². The number of anilines is 1. The Kier molecular flexibility index (Phi) is 7.15. The molecule has 2 heterocycles. The molecule has 182 valence electrons. The van der Waals surface area contributed by atoms with Crippen molar-refractivity contribution in [2.75, 3.05) is 59.5 Å². The number of sulfonamides is 1. The van der Waals surface area contributed by atoms with Gasteiger partial charge in [0.2, 0.25) is 10.0 Å². The van der Waals surface area contributed by atoms with E-state index in [1.54, 1.807) is 26.4 Å². The molecule has 0 bridgehead atoms. The minimum atomic E-state index is -3.70. The zero-order valence-electron chi connectivity index (χ0n) is 19.5. The molecule has 1 fully saturated rings. The lowest BCUT2D eigenvalue weighted by atomic mass is 10.1. The molecule has 0 radical (unpaired) electrons. The molecule has 0 spiro atoms. The molecule has 9 nitrogen and oxygen atoms in total. The minimum Gasteiger partial charge on any atom is -0.497 e. The summed E-state index contributed by atoms with van der Waals surface area (Å²) in [6.45, 7) is 1.78. The molecule has 0 amide bonds. The van der Waals surface area contributed by atoms with Crippen LogP contribution in [0.1, 0.15) is 0 Å². The summed E-state index contributed by atoms with van der Waals surface area (Å²) in [5.74, 6) is 2.10. The van der Waals surface area contributed by atoms with Gasteiger partial charge < -0.3 is 23.8 Å². The Labute approximate surface area is 203 Å². The standard InChI is InChI=1S/C23H27N3O6S2/c1-29-17-6-8-22(21(14-17)32-4)34(27,28)26-11-9-25(10-12-26)23-24-18(15-33-23)16-5-7-19(30-2)20(13-16)31-3/h5-8,13-15H,9-12H2,1-4H3. The van der Waals surface area contributed by atoms with Gasteiger partial charge in [-0.2, -0.15) is 4.31 Å². The Hall–Kier alpha value is -3.02. The molecule has 0 aliphatic carbocycles. The summed E-state index contributed by atoms with van der Waals surface area (Å²) >= 11 is 1.53. The first kappa shape index (κ1) is 24.1. The highest BCUT2D eigenvalue weighted by Crippen LogP contribution is 2.35. The molecule has 3 aromatic rings. The van der Waals surface area contributed by atoms with Crippen molar-refractivity contribution < 1.29 is 27.4 Å². The predicted octanol–water partition coefficient (Wildman–Crippen LogP) is 3.36. The van der Waals surface area contributed by atoms with Crippen molar-refractivity contribution in [1.82, 2.24) is 9.29 Å². The van der Waals surface area contributed by atoms with Crippen molar-refractivity contribution in [3.05, 3.63) is 41.8 Å². The second-order valence-corrected chi connectivity index (χ2v) is 10.2. The number of rotatable bonds is 8. The van der Waals surface area contributed by atoms with Gasteiger partial charge in [0.25, 0.3) is 0 Å². The van der Waals surface area contributed by atoms with Crippen LogP contribution in [0, 0.1) is 0 Å². The van der Waals surface area contributed by atoms with Crippen molar-refractivity contribution >= 4 is 26.5 Å². The fourth-order valence-electron chi connectivity index (χ4n) is 3.78. The number of thiazole rings is 1. The number of piperazine rings is 1. The Morgan fingerprint density at radius 1 is 0.824 bits per heavy atom. The van der Waals surface area contributed by atoms with E-state index in [9.17, 15) is 8.42 Å². The van der Waals surface area contributed by atoms with E-state index in [2.05, 4.69) is 4.90 Å². The molecule has 2 aromatic carbocycles. The Morgan fingerprint density at radius 3 is 2.18 bits per heavy atom. The Bertz CT molecular complexity index is 1250. The molecule has 34 heavy (non-hydrogen) atoms. The fraction of sp³-hybridized carbons (Fsp3) is 0.348. The lowest BCUT2D eigenvalue weighted by molar-refractivity contribution is 0.355. The van der Waals surface area contributed by atoms with Gasteiger partial charge in [0.1, 0.15) is 16.4 Å². The van der Waals surface area contributed by atoms with Gasteiger partial charge in [0.15, 0.2) is 16.6 Å². The molecule has 1 aliphatic heterocycles. The number of aromatic nitrogens is 1. The third kappa shape index (κ3) is 4.63. The quantitative estimate of drug-likeness (QED) is 0.460. The summed E-state index contributed by atoms with van der Waals surface area (Å²) in [7, 11) is 2.47. The van der Waals surface area contributed by atoms with Crippen LogP contribution < -0.4 is 23.8 Å². The molecule has 1 aliphatic rings. The maximum absolute atomic E-state index is 13.3. The zero-order valence-corrected chi connectivity index (χ0v) is 21.1. The topological polar surface area (TPSA) is 90.4 Å². The second kappa shape index (κ2) is 10.1.